The number of H-pyrrole nitrogens is 1. The van der Waals surface area contributed by atoms with E-state index in [1.165, 1.54) is 16.6 Å². The van der Waals surface area contributed by atoms with Crippen molar-refractivity contribution in [2.45, 2.75) is 23.9 Å². The fourth-order valence-corrected chi connectivity index (χ4v) is 3.13. The molecule has 1 N–H and O–H groups in total. The van der Waals surface area contributed by atoms with Crippen LogP contribution in [-0.2, 0) is 14.8 Å². The van der Waals surface area contributed by atoms with Gasteiger partial charge in [-0.05, 0) is 18.9 Å². The smallest absolute Gasteiger partial charge is 0.260 e. The van der Waals surface area contributed by atoms with E-state index >= 15 is 0 Å². The lowest BCUT2D eigenvalue weighted by molar-refractivity contribution is 0.177. The van der Waals surface area contributed by atoms with Crippen LogP contribution in [0.2, 0.25) is 0 Å². The molecule has 0 atom stereocenters. The van der Waals surface area contributed by atoms with Crippen molar-refractivity contribution in [2.75, 3.05) is 20.3 Å². The molecule has 0 radical (unpaired) electrons. The Hall–Kier alpha value is -0.920. The Kier molecular flexibility index (Phi) is 3.27. The van der Waals surface area contributed by atoms with Gasteiger partial charge in [0, 0.05) is 19.7 Å². The predicted octanol–water partition coefficient (Wildman–Crippen LogP) is 0.209. The third-order valence-electron chi connectivity index (χ3n) is 2.53. The van der Waals surface area contributed by atoms with Gasteiger partial charge in [0.1, 0.15) is 0 Å². The van der Waals surface area contributed by atoms with Gasteiger partial charge in [0.25, 0.3) is 10.0 Å². The van der Waals surface area contributed by atoms with Gasteiger partial charge in [-0.2, -0.15) is 9.40 Å². The molecule has 0 aromatic carbocycles. The molecule has 1 aliphatic rings. The van der Waals surface area contributed by atoms with Gasteiger partial charge in [-0.25, -0.2) is 8.42 Å². The highest BCUT2D eigenvalue weighted by molar-refractivity contribution is 7.89. The molecule has 7 heteroatoms. The van der Waals surface area contributed by atoms with E-state index in [0.717, 1.165) is 12.8 Å². The predicted molar refractivity (Wildman–Crippen MR) is 57.4 cm³/mol. The zero-order valence-electron chi connectivity index (χ0n) is 9.09. The summed E-state index contributed by atoms with van der Waals surface area (Å²) in [5.74, 6) is 0. The second kappa shape index (κ2) is 4.52. The van der Waals surface area contributed by atoms with Gasteiger partial charge in [-0.1, -0.05) is 0 Å². The van der Waals surface area contributed by atoms with E-state index in [-0.39, 0.29) is 11.1 Å². The minimum absolute atomic E-state index is 0.128. The van der Waals surface area contributed by atoms with Gasteiger partial charge in [0.2, 0.25) is 0 Å². The van der Waals surface area contributed by atoms with Crippen molar-refractivity contribution < 1.29 is 13.2 Å². The van der Waals surface area contributed by atoms with Crippen molar-refractivity contribution in [2.24, 2.45) is 0 Å². The molecule has 1 aromatic rings. The normalized spacial score (nSPS) is 16.9. The Labute approximate surface area is 94.6 Å². The highest BCUT2D eigenvalue weighted by atomic mass is 32.2. The minimum Gasteiger partial charge on any atom is -0.383 e. The Morgan fingerprint density at radius 2 is 2.38 bits per heavy atom. The molecule has 0 spiro atoms. The molecule has 1 saturated carbocycles. The van der Waals surface area contributed by atoms with Gasteiger partial charge in [-0.15, -0.1) is 0 Å². The maximum atomic E-state index is 12.2. The van der Waals surface area contributed by atoms with Gasteiger partial charge in [0.05, 0.1) is 12.8 Å². The number of hydrogen-bond donors (Lipinski definition) is 1. The molecule has 90 valence electrons. The number of nitrogens with zero attached hydrogens (tertiary/aromatic N) is 2. The van der Waals surface area contributed by atoms with Crippen LogP contribution in [-0.4, -0.2) is 49.2 Å². The van der Waals surface area contributed by atoms with Crippen molar-refractivity contribution in [1.82, 2.24) is 14.5 Å². The molecule has 0 amide bonds. The maximum absolute atomic E-state index is 12.2. The van der Waals surface area contributed by atoms with Crippen LogP contribution in [0.3, 0.4) is 0 Å². The average molecular weight is 245 g/mol. The highest BCUT2D eigenvalue weighted by Crippen LogP contribution is 2.31. The van der Waals surface area contributed by atoms with E-state index in [4.69, 9.17) is 4.74 Å². The zero-order valence-corrected chi connectivity index (χ0v) is 9.90. The Balaban J connectivity index is 2.18. The van der Waals surface area contributed by atoms with E-state index in [2.05, 4.69) is 10.2 Å². The topological polar surface area (TPSA) is 75.3 Å². The lowest BCUT2D eigenvalue weighted by atomic mass is 10.6. The highest BCUT2D eigenvalue weighted by Gasteiger charge is 2.38. The van der Waals surface area contributed by atoms with Crippen LogP contribution in [0.25, 0.3) is 0 Å². The van der Waals surface area contributed by atoms with Crippen molar-refractivity contribution in [3.8, 4) is 0 Å². The van der Waals surface area contributed by atoms with Crippen LogP contribution in [0, 0.1) is 0 Å². The van der Waals surface area contributed by atoms with Gasteiger partial charge >= 0.3 is 0 Å². The van der Waals surface area contributed by atoms with Crippen molar-refractivity contribution in [1.29, 1.82) is 0 Å². The van der Waals surface area contributed by atoms with Crippen LogP contribution in [0.1, 0.15) is 12.8 Å². The number of aromatic nitrogens is 2. The summed E-state index contributed by atoms with van der Waals surface area (Å²) < 4.78 is 30.8. The van der Waals surface area contributed by atoms with Gasteiger partial charge < -0.3 is 4.74 Å². The largest absolute Gasteiger partial charge is 0.383 e. The molecular formula is C9H15N3O3S. The van der Waals surface area contributed by atoms with Crippen LogP contribution < -0.4 is 0 Å². The summed E-state index contributed by atoms with van der Waals surface area (Å²) in [5, 5.41) is 6.31. The third kappa shape index (κ3) is 2.26. The molecule has 1 aliphatic carbocycles. The van der Waals surface area contributed by atoms with Crippen LogP contribution in [0.15, 0.2) is 17.3 Å². The Morgan fingerprint density at radius 1 is 1.62 bits per heavy atom. The molecule has 6 nitrogen and oxygen atoms in total. The van der Waals surface area contributed by atoms with E-state index < -0.39 is 10.0 Å². The first-order valence-corrected chi connectivity index (χ1v) is 6.60. The standard InChI is InChI=1S/C9H15N3O3S/c1-15-7-6-12(8-2-3-8)16(13,14)9-4-5-10-11-9/h4-5,8H,2-3,6-7H2,1H3,(H,10,11). The zero-order chi connectivity index (χ0) is 11.6. The number of nitrogens with one attached hydrogen (secondary N) is 1. The molecular weight excluding hydrogens is 230 g/mol. The molecule has 0 aliphatic heterocycles. The number of ether oxygens (including phenoxy) is 1. The van der Waals surface area contributed by atoms with E-state index in [1.807, 2.05) is 0 Å². The molecule has 1 heterocycles. The monoisotopic (exact) mass is 245 g/mol. The van der Waals surface area contributed by atoms with Crippen LogP contribution in [0.5, 0.6) is 0 Å². The van der Waals surface area contributed by atoms with Gasteiger partial charge in [-0.3, -0.25) is 5.10 Å². The Bertz CT molecular complexity index is 425. The lowest BCUT2D eigenvalue weighted by Gasteiger charge is -2.20. The summed E-state index contributed by atoms with van der Waals surface area (Å²) >= 11 is 0. The first kappa shape index (κ1) is 11.6. The van der Waals surface area contributed by atoms with E-state index in [0.29, 0.717) is 13.2 Å². The van der Waals surface area contributed by atoms with Crippen LogP contribution in [0.4, 0.5) is 0 Å². The summed E-state index contributed by atoms with van der Waals surface area (Å²) in [6.07, 6.45) is 3.29. The quantitative estimate of drug-likeness (QED) is 0.777. The molecule has 2 rings (SSSR count). The summed E-state index contributed by atoms with van der Waals surface area (Å²) in [6.45, 7) is 0.798. The first-order valence-electron chi connectivity index (χ1n) is 5.16. The number of hydrogen-bond acceptors (Lipinski definition) is 4. The number of methoxy groups -OCH3 is 1. The third-order valence-corrected chi connectivity index (χ3v) is 4.41. The number of rotatable bonds is 6. The summed E-state index contributed by atoms with van der Waals surface area (Å²) in [6, 6.07) is 1.60. The molecule has 16 heavy (non-hydrogen) atoms. The average Bonchev–Trinajstić information content (AvgIpc) is 2.92. The molecule has 1 fully saturated rings. The van der Waals surface area contributed by atoms with E-state index in [9.17, 15) is 8.42 Å². The second-order valence-corrected chi connectivity index (χ2v) is 5.62. The Morgan fingerprint density at radius 3 is 2.88 bits per heavy atom. The molecule has 0 bridgehead atoms. The SMILES string of the molecule is COCCN(C1CC1)S(=O)(=O)c1ccn[nH]1. The lowest BCUT2D eigenvalue weighted by Crippen LogP contribution is -2.36. The van der Waals surface area contributed by atoms with Gasteiger partial charge in [0.15, 0.2) is 5.03 Å². The molecule has 0 unspecified atom stereocenters. The number of aromatic amines is 1. The minimum atomic E-state index is -3.43. The maximum Gasteiger partial charge on any atom is 0.260 e. The number of sulfonamides is 1. The fraction of sp³-hybridized carbons (Fsp3) is 0.667. The second-order valence-electron chi connectivity index (χ2n) is 3.76. The summed E-state index contributed by atoms with van der Waals surface area (Å²) in [5.41, 5.74) is 0. The molecule has 1 aromatic heterocycles. The first-order chi connectivity index (χ1) is 7.66. The fourth-order valence-electron chi connectivity index (χ4n) is 1.56. The summed E-state index contributed by atoms with van der Waals surface area (Å²) in [4.78, 5) is 0. The van der Waals surface area contributed by atoms with Crippen LogP contribution >= 0.6 is 0 Å². The van der Waals surface area contributed by atoms with Crippen molar-refractivity contribution in [3.05, 3.63) is 12.3 Å². The summed E-state index contributed by atoms with van der Waals surface area (Å²) in [7, 11) is -1.87. The van der Waals surface area contributed by atoms with Crippen molar-refractivity contribution >= 4 is 10.0 Å². The molecule has 0 saturated heterocycles. The van der Waals surface area contributed by atoms with E-state index in [1.54, 1.807) is 7.11 Å². The van der Waals surface area contributed by atoms with Crippen molar-refractivity contribution in [3.63, 3.8) is 0 Å².